The summed E-state index contributed by atoms with van der Waals surface area (Å²) in [5.74, 6) is 7.07. The number of hydrogen-bond acceptors (Lipinski definition) is 3. The van der Waals surface area contributed by atoms with Gasteiger partial charge in [-0.05, 0) is 73.1 Å². The maximum absolute atomic E-state index is 12.5. The summed E-state index contributed by atoms with van der Waals surface area (Å²) in [5, 5.41) is 0. The predicted octanol–water partition coefficient (Wildman–Crippen LogP) is 6.31. The summed E-state index contributed by atoms with van der Waals surface area (Å²) >= 11 is 0. The number of unbranched alkanes of at least 4 members (excludes halogenated alkanes) is 2. The Kier molecular flexibility index (Phi) is 7.00. The summed E-state index contributed by atoms with van der Waals surface area (Å²) < 4.78 is 63.9. The van der Waals surface area contributed by atoms with Crippen LogP contribution >= 0.6 is 0 Å². The zero-order valence-electron chi connectivity index (χ0n) is 17.5. The second-order valence-corrected chi connectivity index (χ2v) is 9.47. The van der Waals surface area contributed by atoms with E-state index >= 15 is 0 Å². The summed E-state index contributed by atoms with van der Waals surface area (Å²) in [4.78, 5) is 0. The first-order chi connectivity index (χ1) is 14.6. The lowest BCUT2D eigenvalue weighted by atomic mass is 10.0. The van der Waals surface area contributed by atoms with Gasteiger partial charge in [0.15, 0.2) is 0 Å². The summed E-state index contributed by atoms with van der Waals surface area (Å²) in [6.07, 6.45) is 6.39. The van der Waals surface area contributed by atoms with Crippen molar-refractivity contribution < 1.29 is 25.8 Å². The summed E-state index contributed by atoms with van der Waals surface area (Å²) in [5.41, 5.74) is -2.49. The molecule has 0 radical (unpaired) electrons. The average Bonchev–Trinajstić information content (AvgIpc) is 3.47. The molecule has 2 unspecified atom stereocenters. The van der Waals surface area contributed by atoms with Crippen LogP contribution in [0.3, 0.4) is 0 Å². The second kappa shape index (κ2) is 9.35. The van der Waals surface area contributed by atoms with Gasteiger partial charge in [0.05, 0.1) is 0 Å². The highest BCUT2D eigenvalue weighted by Crippen LogP contribution is 2.50. The van der Waals surface area contributed by atoms with Gasteiger partial charge in [-0.15, -0.1) is 0 Å². The second-order valence-electron chi connectivity index (χ2n) is 7.93. The molecular weight excluding hydrogens is 425 g/mol. The SMILES string of the molecule is CCCCCC1CC1c1ccc(C#Cc2ccc(OS(=O)(=O)C(F)(F)F)c(C)c2)cc1. The maximum atomic E-state index is 12.5. The van der Waals surface area contributed by atoms with Crippen molar-refractivity contribution in [1.82, 2.24) is 0 Å². The Hall–Kier alpha value is -2.46. The molecule has 3 nitrogen and oxygen atoms in total. The number of aryl methyl sites for hydroxylation is 1. The summed E-state index contributed by atoms with van der Waals surface area (Å²) in [6.45, 7) is 3.68. The first-order valence-corrected chi connectivity index (χ1v) is 11.7. The molecule has 0 saturated heterocycles. The monoisotopic (exact) mass is 450 g/mol. The molecule has 31 heavy (non-hydrogen) atoms. The van der Waals surface area contributed by atoms with Crippen molar-refractivity contribution in [2.75, 3.05) is 0 Å². The molecule has 2 atom stereocenters. The first kappa shape index (κ1) is 23.2. The molecule has 0 heterocycles. The molecular formula is C24H25F3O3S. The molecule has 0 spiro atoms. The Balaban J connectivity index is 1.63. The van der Waals surface area contributed by atoms with Crippen LogP contribution in [0.4, 0.5) is 13.2 Å². The van der Waals surface area contributed by atoms with Crippen molar-refractivity contribution >= 4 is 10.1 Å². The third-order valence-electron chi connectivity index (χ3n) is 5.45. The molecule has 0 bridgehead atoms. The number of halogens is 3. The fourth-order valence-corrected chi connectivity index (χ4v) is 4.09. The van der Waals surface area contributed by atoms with Crippen LogP contribution in [-0.4, -0.2) is 13.9 Å². The van der Waals surface area contributed by atoms with Crippen LogP contribution in [-0.2, 0) is 10.1 Å². The van der Waals surface area contributed by atoms with Crippen molar-refractivity contribution in [2.24, 2.45) is 5.92 Å². The van der Waals surface area contributed by atoms with E-state index in [2.05, 4.69) is 35.1 Å². The quantitative estimate of drug-likeness (QED) is 0.215. The minimum atomic E-state index is -5.69. The highest BCUT2D eigenvalue weighted by atomic mass is 32.2. The molecule has 7 heteroatoms. The van der Waals surface area contributed by atoms with E-state index in [0.29, 0.717) is 11.5 Å². The van der Waals surface area contributed by atoms with Gasteiger partial charge in [0.25, 0.3) is 0 Å². The topological polar surface area (TPSA) is 43.4 Å². The Labute approximate surface area is 181 Å². The van der Waals surface area contributed by atoms with Crippen molar-refractivity contribution in [3.63, 3.8) is 0 Å². The lowest BCUT2D eigenvalue weighted by Crippen LogP contribution is -2.28. The Morgan fingerprint density at radius 1 is 1.03 bits per heavy atom. The van der Waals surface area contributed by atoms with E-state index in [-0.39, 0.29) is 11.3 Å². The van der Waals surface area contributed by atoms with Crippen LogP contribution in [0.15, 0.2) is 42.5 Å². The van der Waals surface area contributed by atoms with E-state index in [0.717, 1.165) is 11.5 Å². The van der Waals surface area contributed by atoms with E-state index in [1.165, 1.54) is 62.8 Å². The lowest BCUT2D eigenvalue weighted by molar-refractivity contribution is -0.0500. The smallest absolute Gasteiger partial charge is 0.376 e. The third-order valence-corrected chi connectivity index (χ3v) is 6.41. The molecule has 0 N–H and O–H groups in total. The molecule has 2 aromatic rings. The first-order valence-electron chi connectivity index (χ1n) is 10.3. The van der Waals surface area contributed by atoms with Gasteiger partial charge in [-0.25, -0.2) is 0 Å². The highest BCUT2D eigenvalue weighted by molar-refractivity contribution is 7.88. The normalized spacial score (nSPS) is 18.2. The van der Waals surface area contributed by atoms with E-state index in [1.54, 1.807) is 0 Å². The molecule has 1 aliphatic rings. The summed E-state index contributed by atoms with van der Waals surface area (Å²) in [7, 11) is -5.69. The van der Waals surface area contributed by atoms with Crippen molar-refractivity contribution in [1.29, 1.82) is 0 Å². The van der Waals surface area contributed by atoms with Gasteiger partial charge < -0.3 is 4.18 Å². The van der Waals surface area contributed by atoms with Gasteiger partial charge >= 0.3 is 15.6 Å². The minimum absolute atomic E-state index is 0.248. The molecule has 0 aliphatic heterocycles. The minimum Gasteiger partial charge on any atom is -0.376 e. The lowest BCUT2D eigenvalue weighted by Gasteiger charge is -2.11. The molecule has 1 saturated carbocycles. The van der Waals surface area contributed by atoms with Crippen LogP contribution in [0.2, 0.25) is 0 Å². The van der Waals surface area contributed by atoms with Gasteiger partial charge in [-0.2, -0.15) is 21.6 Å². The van der Waals surface area contributed by atoms with Gasteiger partial charge in [-0.3, -0.25) is 0 Å². The van der Waals surface area contributed by atoms with Crippen LogP contribution in [0, 0.1) is 24.7 Å². The van der Waals surface area contributed by atoms with Crippen LogP contribution in [0.5, 0.6) is 5.75 Å². The molecule has 1 aliphatic carbocycles. The van der Waals surface area contributed by atoms with Gasteiger partial charge in [0.1, 0.15) is 5.75 Å². The molecule has 1 fully saturated rings. The Morgan fingerprint density at radius 3 is 2.29 bits per heavy atom. The number of benzene rings is 2. The predicted molar refractivity (Wildman–Crippen MR) is 114 cm³/mol. The number of rotatable bonds is 7. The Bertz CT molecular complexity index is 1080. The van der Waals surface area contributed by atoms with Crippen LogP contribution in [0.1, 0.15) is 67.2 Å². The molecule has 166 valence electrons. The van der Waals surface area contributed by atoms with Crippen molar-refractivity contribution in [2.45, 2.75) is 57.4 Å². The largest absolute Gasteiger partial charge is 0.534 e. The van der Waals surface area contributed by atoms with Crippen molar-refractivity contribution in [3.05, 3.63) is 64.7 Å². The maximum Gasteiger partial charge on any atom is 0.534 e. The molecule has 3 rings (SSSR count). The molecule has 0 aromatic heterocycles. The van der Waals surface area contributed by atoms with E-state index in [9.17, 15) is 21.6 Å². The van der Waals surface area contributed by atoms with Crippen LogP contribution < -0.4 is 4.18 Å². The zero-order chi connectivity index (χ0) is 22.6. The highest BCUT2D eigenvalue weighted by Gasteiger charge is 2.48. The van der Waals surface area contributed by atoms with E-state index in [1.807, 2.05) is 12.1 Å². The fourth-order valence-electron chi connectivity index (χ4n) is 3.58. The Morgan fingerprint density at radius 2 is 1.68 bits per heavy atom. The van der Waals surface area contributed by atoms with Gasteiger partial charge in [0.2, 0.25) is 0 Å². The van der Waals surface area contributed by atoms with Crippen LogP contribution in [0.25, 0.3) is 0 Å². The standard InChI is InChI=1S/C24H25F3O3S/c1-3-4-5-6-21-16-22(21)20-12-9-18(10-13-20)7-8-19-11-14-23(17(2)15-19)30-31(28,29)24(25,26)27/h9-15,21-22H,3-6,16H2,1-2H3. The third kappa shape index (κ3) is 6.04. The fraction of sp³-hybridized carbons (Fsp3) is 0.417. The zero-order valence-corrected chi connectivity index (χ0v) is 18.3. The van der Waals surface area contributed by atoms with Crippen molar-refractivity contribution in [3.8, 4) is 17.6 Å². The van der Waals surface area contributed by atoms with E-state index < -0.39 is 15.6 Å². The van der Waals surface area contributed by atoms with Gasteiger partial charge in [-0.1, -0.05) is 50.2 Å². The number of hydrogen-bond donors (Lipinski definition) is 0. The van der Waals surface area contributed by atoms with Gasteiger partial charge in [0, 0.05) is 11.1 Å². The molecule has 2 aromatic carbocycles. The number of alkyl halides is 3. The van der Waals surface area contributed by atoms with E-state index in [4.69, 9.17) is 0 Å². The summed E-state index contributed by atoms with van der Waals surface area (Å²) in [6, 6.07) is 12.3. The molecule has 0 amide bonds. The average molecular weight is 451 g/mol.